The number of aromatic hydroxyl groups is 1. The number of halogens is 12. The number of fused-ring (bicyclic) bond motifs is 2. The molecule has 2 N–H and O–H groups in total. The number of benzene rings is 6. The van der Waals surface area contributed by atoms with Crippen LogP contribution < -0.4 is 4.52 Å². The van der Waals surface area contributed by atoms with E-state index in [4.69, 9.17) is 4.52 Å². The topological polar surface area (TPSA) is 66.8 Å². The highest BCUT2D eigenvalue weighted by Crippen LogP contribution is 2.54. The minimum Gasteiger partial charge on any atom is -0.507 e. The van der Waals surface area contributed by atoms with E-state index in [1.807, 2.05) is 0 Å². The zero-order chi connectivity index (χ0) is 38.8. The van der Waals surface area contributed by atoms with Gasteiger partial charge in [0.15, 0.2) is 0 Å². The van der Waals surface area contributed by atoms with Crippen LogP contribution in [-0.2, 0) is 29.3 Å². The van der Waals surface area contributed by atoms with Crippen LogP contribution in [0.4, 0.5) is 52.7 Å². The zero-order valence-corrected chi connectivity index (χ0v) is 26.8. The van der Waals surface area contributed by atoms with Crippen LogP contribution in [0, 0.1) is 0 Å². The molecule has 0 spiro atoms. The Morgan fingerprint density at radius 2 is 0.849 bits per heavy atom. The number of hydrogen-bond donors (Lipinski definition) is 2. The van der Waals surface area contributed by atoms with Crippen molar-refractivity contribution in [3.8, 4) is 44.9 Å². The summed E-state index contributed by atoms with van der Waals surface area (Å²) in [5, 5.41) is 12.1. The van der Waals surface area contributed by atoms with Gasteiger partial charge in [0.05, 0.1) is 22.3 Å². The van der Waals surface area contributed by atoms with Gasteiger partial charge in [0.25, 0.3) is 0 Å². The highest BCUT2D eigenvalue weighted by atomic mass is 31.1. The second-order valence-electron chi connectivity index (χ2n) is 11.6. The summed E-state index contributed by atoms with van der Waals surface area (Å²) in [6.45, 7) is 0. The lowest BCUT2D eigenvalue weighted by molar-refractivity contribution is -0.144. The van der Waals surface area contributed by atoms with Crippen LogP contribution in [0.5, 0.6) is 11.5 Å². The van der Waals surface area contributed by atoms with Gasteiger partial charge in [-0.3, -0.25) is 0 Å². The molecule has 0 heterocycles. The van der Waals surface area contributed by atoms with Gasteiger partial charge >= 0.3 is 33.0 Å². The zero-order valence-electron chi connectivity index (χ0n) is 25.9. The van der Waals surface area contributed by atoms with Crippen molar-refractivity contribution >= 4 is 29.8 Å². The summed E-state index contributed by atoms with van der Waals surface area (Å²) in [5.74, 6) is -1.84. The van der Waals surface area contributed by atoms with Crippen molar-refractivity contribution in [3.05, 3.63) is 119 Å². The summed E-state index contributed by atoms with van der Waals surface area (Å²) in [7, 11) is -3.77. The predicted octanol–water partition coefficient (Wildman–Crippen LogP) is 12.8. The first-order valence-corrected chi connectivity index (χ1v) is 15.9. The lowest BCUT2D eigenvalue weighted by atomic mass is 9.85. The Labute approximate surface area is 290 Å². The molecule has 0 aliphatic rings. The molecule has 6 rings (SSSR count). The molecule has 0 bridgehead atoms. The first-order chi connectivity index (χ1) is 24.5. The normalized spacial score (nSPS) is 13.1. The van der Waals surface area contributed by atoms with Gasteiger partial charge in [-0.2, -0.15) is 52.7 Å². The molecule has 4 nitrogen and oxygen atoms in total. The standard InChI is InChI=1S/C36H17F12O4P/c37-33(38,39)21-9-19(10-22(15-21)34(40,41)42)27-13-17-5-1-3-7-25(17)29(31(27)49)30-26-8-4-2-6-18(26)14-28(32(30)52-53(50)51)20-11-23(35(43,44)45)16-24(12-20)36(46,47)48/h1-16H,(H-,49,50,51)/p+1. The van der Waals surface area contributed by atoms with Crippen molar-refractivity contribution in [3.63, 3.8) is 0 Å². The Bertz CT molecular complexity index is 2370. The smallest absolute Gasteiger partial charge is 0.507 e. The molecule has 274 valence electrons. The fraction of sp³-hybridized carbons (Fsp3) is 0.111. The van der Waals surface area contributed by atoms with Crippen molar-refractivity contribution < 1.29 is 71.8 Å². The van der Waals surface area contributed by atoms with Crippen LogP contribution in [0.1, 0.15) is 22.3 Å². The quantitative estimate of drug-likeness (QED) is 0.135. The van der Waals surface area contributed by atoms with Gasteiger partial charge in [-0.1, -0.05) is 48.5 Å². The predicted molar refractivity (Wildman–Crippen MR) is 170 cm³/mol. The number of hydrogen-bond acceptors (Lipinski definition) is 3. The fourth-order valence-corrected chi connectivity index (χ4v) is 6.34. The third-order valence-electron chi connectivity index (χ3n) is 8.24. The van der Waals surface area contributed by atoms with Gasteiger partial charge in [0.1, 0.15) is 5.75 Å². The molecule has 0 fully saturated rings. The van der Waals surface area contributed by atoms with Gasteiger partial charge in [0.2, 0.25) is 5.75 Å². The lowest BCUT2D eigenvalue weighted by Crippen LogP contribution is -2.11. The molecule has 6 aromatic carbocycles. The second-order valence-corrected chi connectivity index (χ2v) is 12.3. The third kappa shape index (κ3) is 7.33. The Morgan fingerprint density at radius 1 is 0.491 bits per heavy atom. The van der Waals surface area contributed by atoms with Gasteiger partial charge in [0, 0.05) is 26.8 Å². The van der Waals surface area contributed by atoms with Crippen LogP contribution in [0.2, 0.25) is 0 Å². The fourth-order valence-electron chi connectivity index (χ4n) is 5.99. The first-order valence-electron chi connectivity index (χ1n) is 14.8. The van der Waals surface area contributed by atoms with Crippen LogP contribution in [0.25, 0.3) is 54.9 Å². The number of rotatable bonds is 5. The maximum atomic E-state index is 13.9. The van der Waals surface area contributed by atoms with E-state index in [0.29, 0.717) is 24.3 Å². The van der Waals surface area contributed by atoms with Gasteiger partial charge in [-0.25, -0.2) is 4.52 Å². The third-order valence-corrected chi connectivity index (χ3v) is 8.58. The van der Waals surface area contributed by atoms with E-state index in [9.17, 15) is 67.2 Å². The number of alkyl halides is 12. The summed E-state index contributed by atoms with van der Waals surface area (Å²) in [4.78, 5) is 9.97. The number of phenols is 1. The minimum absolute atomic E-state index is 0.00347. The van der Waals surface area contributed by atoms with Gasteiger partial charge in [-0.05, 0) is 81.2 Å². The van der Waals surface area contributed by atoms with Gasteiger partial charge in [-0.15, -0.1) is 4.89 Å². The highest BCUT2D eigenvalue weighted by Gasteiger charge is 2.40. The molecule has 1 unspecified atom stereocenters. The summed E-state index contributed by atoms with van der Waals surface area (Å²) >= 11 is 0. The van der Waals surface area contributed by atoms with E-state index in [0.717, 1.165) is 12.1 Å². The SMILES string of the molecule is O=[P+](O)Oc1c(-c2cc(C(F)(F)F)cc(C(F)(F)F)c2)cc2ccccc2c1-c1c(O)c(-c2cc(C(F)(F)F)cc(C(F)(F)F)c2)cc2ccccc12. The van der Waals surface area contributed by atoms with E-state index < -0.39 is 100 Å². The summed E-state index contributed by atoms with van der Waals surface area (Å²) in [5.41, 5.74) is -10.6. The van der Waals surface area contributed by atoms with E-state index in [2.05, 4.69) is 0 Å². The number of phenolic OH excluding ortho intramolecular Hbond substituents is 1. The van der Waals surface area contributed by atoms with Crippen molar-refractivity contribution in [2.45, 2.75) is 24.7 Å². The van der Waals surface area contributed by atoms with Crippen LogP contribution in [0.15, 0.2) is 97.1 Å². The van der Waals surface area contributed by atoms with E-state index in [1.54, 1.807) is 0 Å². The summed E-state index contributed by atoms with van der Waals surface area (Å²) in [6.07, 6.45) is -21.2. The highest BCUT2D eigenvalue weighted by molar-refractivity contribution is 7.32. The Balaban J connectivity index is 1.81. The second kappa shape index (κ2) is 13.0. The average molecular weight is 773 g/mol. The monoisotopic (exact) mass is 773 g/mol. The van der Waals surface area contributed by atoms with Crippen molar-refractivity contribution in [1.29, 1.82) is 0 Å². The molecule has 0 radical (unpaired) electrons. The minimum atomic E-state index is -5.32. The van der Waals surface area contributed by atoms with Gasteiger partial charge < -0.3 is 5.11 Å². The molecule has 53 heavy (non-hydrogen) atoms. The summed E-state index contributed by atoms with van der Waals surface area (Å²) in [6, 6.07) is 14.3. The van der Waals surface area contributed by atoms with E-state index >= 15 is 0 Å². The molecular weight excluding hydrogens is 755 g/mol. The largest absolute Gasteiger partial charge is 0.747 e. The molecule has 0 amide bonds. The Hall–Kier alpha value is -5.34. The van der Waals surface area contributed by atoms with Crippen LogP contribution in [0.3, 0.4) is 0 Å². The van der Waals surface area contributed by atoms with Crippen molar-refractivity contribution in [2.24, 2.45) is 0 Å². The molecule has 0 aliphatic carbocycles. The molecular formula is C36H18F12O4P+. The maximum absolute atomic E-state index is 13.9. The Kier molecular flexibility index (Phi) is 9.15. The molecule has 6 aromatic rings. The van der Waals surface area contributed by atoms with Crippen molar-refractivity contribution in [1.82, 2.24) is 0 Å². The van der Waals surface area contributed by atoms with E-state index in [-0.39, 0.29) is 33.7 Å². The Morgan fingerprint density at radius 3 is 1.25 bits per heavy atom. The molecule has 17 heteroatoms. The van der Waals surface area contributed by atoms with Crippen molar-refractivity contribution in [2.75, 3.05) is 0 Å². The molecule has 0 saturated carbocycles. The molecule has 0 aromatic heterocycles. The van der Waals surface area contributed by atoms with Crippen LogP contribution in [-0.4, -0.2) is 10.00 Å². The molecule has 0 saturated heterocycles. The molecule has 1 atom stereocenters. The first kappa shape index (κ1) is 37.4. The van der Waals surface area contributed by atoms with Crippen LogP contribution >= 0.6 is 8.25 Å². The molecule has 0 aliphatic heterocycles. The average Bonchev–Trinajstić information content (AvgIpc) is 3.06. The van der Waals surface area contributed by atoms with E-state index in [1.165, 1.54) is 48.5 Å². The maximum Gasteiger partial charge on any atom is 0.747 e. The lowest BCUT2D eigenvalue weighted by Gasteiger charge is -2.21. The summed E-state index contributed by atoms with van der Waals surface area (Å²) < 4.78 is 184.